The third kappa shape index (κ3) is 3.01. The van der Waals surface area contributed by atoms with Gasteiger partial charge in [-0.15, -0.1) is 0 Å². The van der Waals surface area contributed by atoms with E-state index in [2.05, 4.69) is 15.4 Å². The maximum atomic E-state index is 11.9. The van der Waals surface area contributed by atoms with E-state index >= 15 is 0 Å². The SMILES string of the molecule is CNS(=O)(=O)c1ccccc1NCC1CCCN1. The van der Waals surface area contributed by atoms with Crippen LogP contribution in [0, 0.1) is 0 Å². The fourth-order valence-electron chi connectivity index (χ4n) is 2.12. The molecule has 0 bridgehead atoms. The van der Waals surface area contributed by atoms with Gasteiger partial charge in [0.05, 0.1) is 5.69 Å². The zero-order valence-corrected chi connectivity index (χ0v) is 11.3. The number of benzene rings is 1. The largest absolute Gasteiger partial charge is 0.382 e. The van der Waals surface area contributed by atoms with Gasteiger partial charge >= 0.3 is 0 Å². The van der Waals surface area contributed by atoms with E-state index in [0.717, 1.165) is 19.5 Å². The average molecular weight is 269 g/mol. The molecule has 1 heterocycles. The second-order valence-corrected chi connectivity index (χ2v) is 6.23. The highest BCUT2D eigenvalue weighted by Crippen LogP contribution is 2.20. The first kappa shape index (κ1) is 13.3. The van der Waals surface area contributed by atoms with Crippen LogP contribution < -0.4 is 15.4 Å². The molecular formula is C12H19N3O2S. The van der Waals surface area contributed by atoms with Crippen LogP contribution in [0.15, 0.2) is 29.2 Å². The Labute approximate surface area is 108 Å². The Balaban J connectivity index is 2.12. The van der Waals surface area contributed by atoms with Crippen molar-refractivity contribution in [1.82, 2.24) is 10.0 Å². The first-order valence-corrected chi connectivity index (χ1v) is 7.61. The fourth-order valence-corrected chi connectivity index (χ4v) is 3.03. The highest BCUT2D eigenvalue weighted by atomic mass is 32.2. The van der Waals surface area contributed by atoms with Crippen LogP contribution in [0.3, 0.4) is 0 Å². The minimum atomic E-state index is -3.41. The van der Waals surface area contributed by atoms with Crippen molar-refractivity contribution in [3.8, 4) is 0 Å². The van der Waals surface area contributed by atoms with Crippen LogP contribution >= 0.6 is 0 Å². The van der Waals surface area contributed by atoms with Crippen LogP contribution in [0.1, 0.15) is 12.8 Å². The molecule has 2 rings (SSSR count). The van der Waals surface area contributed by atoms with Gasteiger partial charge in [-0.3, -0.25) is 0 Å². The topological polar surface area (TPSA) is 70.2 Å². The maximum absolute atomic E-state index is 11.9. The van der Waals surface area contributed by atoms with E-state index in [1.807, 2.05) is 6.07 Å². The van der Waals surface area contributed by atoms with E-state index in [4.69, 9.17) is 0 Å². The Bertz CT molecular complexity index is 496. The molecule has 0 aliphatic carbocycles. The van der Waals surface area contributed by atoms with Gasteiger partial charge in [-0.2, -0.15) is 0 Å². The standard InChI is InChI=1S/C12H19N3O2S/c1-13-18(16,17)12-7-3-2-6-11(12)15-9-10-5-4-8-14-10/h2-3,6-7,10,13-15H,4-5,8-9H2,1H3. The van der Waals surface area contributed by atoms with Gasteiger partial charge in [0.2, 0.25) is 10.0 Å². The lowest BCUT2D eigenvalue weighted by atomic mass is 10.2. The molecule has 1 aromatic carbocycles. The highest BCUT2D eigenvalue weighted by Gasteiger charge is 2.18. The predicted molar refractivity (Wildman–Crippen MR) is 72.2 cm³/mol. The van der Waals surface area contributed by atoms with Crippen LogP contribution in [0.2, 0.25) is 0 Å². The average Bonchev–Trinajstić information content (AvgIpc) is 2.90. The summed E-state index contributed by atoms with van der Waals surface area (Å²) >= 11 is 0. The van der Waals surface area contributed by atoms with Crippen molar-refractivity contribution < 1.29 is 8.42 Å². The molecule has 3 N–H and O–H groups in total. The molecule has 1 unspecified atom stereocenters. The van der Waals surface area contributed by atoms with Crippen LogP contribution in [0.5, 0.6) is 0 Å². The lowest BCUT2D eigenvalue weighted by Crippen LogP contribution is -2.30. The van der Waals surface area contributed by atoms with Crippen LogP contribution in [0.4, 0.5) is 5.69 Å². The van der Waals surface area contributed by atoms with Crippen molar-refractivity contribution in [3.05, 3.63) is 24.3 Å². The van der Waals surface area contributed by atoms with Crippen LogP contribution in [-0.4, -0.2) is 34.6 Å². The molecular weight excluding hydrogens is 250 g/mol. The van der Waals surface area contributed by atoms with Gasteiger partial charge in [-0.25, -0.2) is 13.1 Å². The summed E-state index contributed by atoms with van der Waals surface area (Å²) in [5.41, 5.74) is 0.653. The molecule has 0 radical (unpaired) electrons. The Kier molecular flexibility index (Phi) is 4.21. The van der Waals surface area contributed by atoms with E-state index in [1.54, 1.807) is 18.2 Å². The van der Waals surface area contributed by atoms with Gasteiger partial charge in [-0.05, 0) is 38.6 Å². The third-order valence-corrected chi connectivity index (χ3v) is 4.62. The summed E-state index contributed by atoms with van der Waals surface area (Å²) in [5.74, 6) is 0. The summed E-state index contributed by atoms with van der Waals surface area (Å²) in [6.45, 7) is 1.79. The number of anilines is 1. The van der Waals surface area contributed by atoms with Crippen molar-refractivity contribution in [2.45, 2.75) is 23.8 Å². The fraction of sp³-hybridized carbons (Fsp3) is 0.500. The van der Waals surface area contributed by atoms with Gasteiger partial charge < -0.3 is 10.6 Å². The van der Waals surface area contributed by atoms with E-state index in [-0.39, 0.29) is 0 Å². The van der Waals surface area contributed by atoms with Crippen LogP contribution in [-0.2, 0) is 10.0 Å². The summed E-state index contributed by atoms with van der Waals surface area (Å²) in [7, 11) is -1.99. The number of hydrogen-bond donors (Lipinski definition) is 3. The Morgan fingerprint density at radius 1 is 1.39 bits per heavy atom. The number of rotatable bonds is 5. The van der Waals surface area contributed by atoms with Crippen molar-refractivity contribution >= 4 is 15.7 Å². The lowest BCUT2D eigenvalue weighted by Gasteiger charge is -2.15. The molecule has 1 aromatic rings. The molecule has 0 amide bonds. The molecule has 0 saturated carbocycles. The first-order chi connectivity index (χ1) is 8.63. The summed E-state index contributed by atoms with van der Waals surface area (Å²) in [5, 5.41) is 6.59. The quantitative estimate of drug-likeness (QED) is 0.738. The van der Waals surface area contributed by atoms with E-state index in [0.29, 0.717) is 16.6 Å². The summed E-state index contributed by atoms with van der Waals surface area (Å²) in [4.78, 5) is 0.297. The van der Waals surface area contributed by atoms with Crippen LogP contribution in [0.25, 0.3) is 0 Å². The first-order valence-electron chi connectivity index (χ1n) is 6.13. The second-order valence-electron chi connectivity index (χ2n) is 4.38. The Hall–Kier alpha value is -1.11. The Morgan fingerprint density at radius 3 is 2.83 bits per heavy atom. The number of sulfonamides is 1. The van der Waals surface area contributed by atoms with Gasteiger partial charge in [0, 0.05) is 12.6 Å². The molecule has 100 valence electrons. The monoisotopic (exact) mass is 269 g/mol. The number of hydrogen-bond acceptors (Lipinski definition) is 4. The molecule has 5 nitrogen and oxygen atoms in total. The van der Waals surface area contributed by atoms with Gasteiger partial charge in [-0.1, -0.05) is 12.1 Å². The van der Waals surface area contributed by atoms with Gasteiger partial charge in [0.1, 0.15) is 4.90 Å². The number of nitrogens with one attached hydrogen (secondary N) is 3. The van der Waals surface area contributed by atoms with Gasteiger partial charge in [0.25, 0.3) is 0 Å². The highest BCUT2D eigenvalue weighted by molar-refractivity contribution is 7.89. The van der Waals surface area contributed by atoms with Crippen molar-refractivity contribution in [1.29, 1.82) is 0 Å². The van der Waals surface area contributed by atoms with E-state index in [1.165, 1.54) is 13.5 Å². The summed E-state index contributed by atoms with van der Waals surface area (Å²) < 4.78 is 26.0. The smallest absolute Gasteiger partial charge is 0.242 e. The van der Waals surface area contributed by atoms with Crippen molar-refractivity contribution in [2.75, 3.05) is 25.5 Å². The normalized spacial score (nSPS) is 19.9. The van der Waals surface area contributed by atoms with Crippen molar-refractivity contribution in [3.63, 3.8) is 0 Å². The second kappa shape index (κ2) is 5.69. The molecule has 1 atom stereocenters. The predicted octanol–water partition coefficient (Wildman–Crippen LogP) is 0.759. The lowest BCUT2D eigenvalue weighted by molar-refractivity contribution is 0.588. The molecule has 1 aliphatic heterocycles. The van der Waals surface area contributed by atoms with E-state index < -0.39 is 10.0 Å². The van der Waals surface area contributed by atoms with E-state index in [9.17, 15) is 8.42 Å². The molecule has 18 heavy (non-hydrogen) atoms. The third-order valence-electron chi connectivity index (χ3n) is 3.15. The maximum Gasteiger partial charge on any atom is 0.242 e. The molecule has 1 fully saturated rings. The molecule has 6 heteroatoms. The van der Waals surface area contributed by atoms with Gasteiger partial charge in [0.15, 0.2) is 0 Å². The molecule has 0 spiro atoms. The minimum absolute atomic E-state index is 0.297. The minimum Gasteiger partial charge on any atom is -0.382 e. The molecule has 0 aromatic heterocycles. The Morgan fingerprint density at radius 2 is 2.17 bits per heavy atom. The summed E-state index contributed by atoms with van der Waals surface area (Å²) in [6.07, 6.45) is 2.32. The molecule has 1 saturated heterocycles. The zero-order chi connectivity index (χ0) is 13.0. The summed E-state index contributed by atoms with van der Waals surface area (Å²) in [6, 6.07) is 7.38. The van der Waals surface area contributed by atoms with Crippen molar-refractivity contribution in [2.24, 2.45) is 0 Å². The molecule has 1 aliphatic rings. The number of para-hydroxylation sites is 1. The zero-order valence-electron chi connectivity index (χ0n) is 10.4.